The van der Waals surface area contributed by atoms with Crippen LogP contribution >= 0.6 is 0 Å². The van der Waals surface area contributed by atoms with Gasteiger partial charge in [-0.05, 0) is 0 Å². The predicted octanol–water partition coefficient (Wildman–Crippen LogP) is 2.09. The molecule has 0 aliphatic rings. The van der Waals surface area contributed by atoms with Crippen LogP contribution in [0.5, 0.6) is 0 Å². The van der Waals surface area contributed by atoms with E-state index in [2.05, 4.69) is 0 Å². The standard InChI is InChI=1S/C8H5F3NO2/c1-12(8(13)14)7-5(10)2-4(9)3-6(7)11/h2-3H,1H3. The number of benzene rings is 1. The molecular formula is C8H5F3NO2. The normalized spacial score (nSPS) is 10.0. The van der Waals surface area contributed by atoms with Crippen LogP contribution in [0, 0.1) is 17.5 Å². The summed E-state index contributed by atoms with van der Waals surface area (Å²) in [6, 6.07) is 0.774. The van der Waals surface area contributed by atoms with Crippen molar-refractivity contribution in [1.29, 1.82) is 0 Å². The van der Waals surface area contributed by atoms with E-state index >= 15 is 0 Å². The van der Waals surface area contributed by atoms with Gasteiger partial charge in [0.2, 0.25) is 0 Å². The lowest BCUT2D eigenvalue weighted by molar-refractivity contribution is 0.177. The van der Waals surface area contributed by atoms with Gasteiger partial charge in [-0.3, -0.25) is 4.90 Å². The third kappa shape index (κ3) is 1.78. The van der Waals surface area contributed by atoms with Gasteiger partial charge in [-0.2, -0.15) is 0 Å². The minimum absolute atomic E-state index is 0.226. The summed E-state index contributed by atoms with van der Waals surface area (Å²) in [5.74, 6) is -3.71. The topological polar surface area (TPSA) is 40.2 Å². The van der Waals surface area contributed by atoms with Gasteiger partial charge < -0.3 is 0 Å². The van der Waals surface area contributed by atoms with Crippen molar-refractivity contribution in [3.05, 3.63) is 29.6 Å². The highest BCUT2D eigenvalue weighted by molar-refractivity contribution is 5.85. The zero-order chi connectivity index (χ0) is 10.9. The van der Waals surface area contributed by atoms with Gasteiger partial charge >= 0.3 is 6.09 Å². The van der Waals surface area contributed by atoms with E-state index in [9.17, 15) is 23.1 Å². The second kappa shape index (κ2) is 3.57. The largest absolute Gasteiger partial charge is 0.457 e. The Labute approximate surface area is 77.4 Å². The van der Waals surface area contributed by atoms with Crippen LogP contribution in [-0.4, -0.2) is 13.1 Å². The first-order valence-electron chi connectivity index (χ1n) is 3.52. The Morgan fingerprint density at radius 3 is 2.00 bits per heavy atom. The number of rotatable bonds is 1. The van der Waals surface area contributed by atoms with Gasteiger partial charge in [0.05, 0.1) is 0 Å². The van der Waals surface area contributed by atoms with E-state index in [0.29, 0.717) is 12.1 Å². The first kappa shape index (κ1) is 10.4. The van der Waals surface area contributed by atoms with Gasteiger partial charge in [-0.1, -0.05) is 0 Å². The Kier molecular flexibility index (Phi) is 2.64. The summed E-state index contributed by atoms with van der Waals surface area (Å²) in [5, 5.41) is 10.3. The van der Waals surface area contributed by atoms with Crippen LogP contribution < -0.4 is 4.90 Å². The number of halogens is 3. The van der Waals surface area contributed by atoms with E-state index in [1.807, 2.05) is 0 Å². The van der Waals surface area contributed by atoms with Crippen LogP contribution in [0.2, 0.25) is 0 Å². The first-order valence-corrected chi connectivity index (χ1v) is 3.52. The van der Waals surface area contributed by atoms with Crippen molar-refractivity contribution in [1.82, 2.24) is 0 Å². The minimum Gasteiger partial charge on any atom is -0.272 e. The fraction of sp³-hybridized carbons (Fsp3) is 0.125. The maximum absolute atomic E-state index is 12.9. The summed E-state index contributed by atoms with van der Waals surface area (Å²) in [6.07, 6.45) is -1.78. The van der Waals surface area contributed by atoms with Crippen molar-refractivity contribution in [3.63, 3.8) is 0 Å². The summed E-state index contributed by atoms with van der Waals surface area (Å²) < 4.78 is 38.2. The lowest BCUT2D eigenvalue weighted by atomic mass is 10.2. The Morgan fingerprint density at radius 1 is 1.21 bits per heavy atom. The maximum Gasteiger partial charge on any atom is 0.457 e. The number of hydrogen-bond donors (Lipinski definition) is 0. The molecule has 0 atom stereocenters. The smallest absolute Gasteiger partial charge is 0.272 e. The van der Waals surface area contributed by atoms with E-state index in [4.69, 9.17) is 0 Å². The van der Waals surface area contributed by atoms with E-state index < -0.39 is 29.2 Å². The zero-order valence-corrected chi connectivity index (χ0v) is 7.05. The SMILES string of the molecule is CN(C([O])=O)c1c(F)cc(F)cc1F. The van der Waals surface area contributed by atoms with E-state index in [1.165, 1.54) is 0 Å². The fourth-order valence-corrected chi connectivity index (χ4v) is 0.946. The molecule has 0 aliphatic carbocycles. The molecule has 0 N–H and O–H groups in total. The summed E-state index contributed by atoms with van der Waals surface area (Å²) in [5.41, 5.74) is -0.855. The molecule has 0 aliphatic heterocycles. The molecule has 1 aromatic carbocycles. The van der Waals surface area contributed by atoms with Crippen molar-refractivity contribution in [2.75, 3.05) is 11.9 Å². The molecule has 0 aromatic heterocycles. The van der Waals surface area contributed by atoms with Gasteiger partial charge in [0, 0.05) is 19.2 Å². The monoisotopic (exact) mass is 204 g/mol. The molecule has 0 heterocycles. The van der Waals surface area contributed by atoms with E-state index in [1.54, 1.807) is 0 Å². The van der Waals surface area contributed by atoms with Crippen LogP contribution in [0.1, 0.15) is 0 Å². The summed E-state index contributed by atoms with van der Waals surface area (Å²) >= 11 is 0. The molecule has 0 fully saturated rings. The van der Waals surface area contributed by atoms with Crippen LogP contribution in [0.4, 0.5) is 23.7 Å². The molecule has 0 spiro atoms. The molecule has 0 saturated heterocycles. The van der Waals surface area contributed by atoms with Crippen molar-refractivity contribution in [3.8, 4) is 0 Å². The van der Waals surface area contributed by atoms with Crippen LogP contribution in [0.3, 0.4) is 0 Å². The highest BCUT2D eigenvalue weighted by Gasteiger charge is 2.20. The van der Waals surface area contributed by atoms with Crippen LogP contribution in [0.25, 0.3) is 0 Å². The second-order valence-corrected chi connectivity index (χ2v) is 2.54. The van der Waals surface area contributed by atoms with Crippen molar-refractivity contribution < 1.29 is 23.1 Å². The van der Waals surface area contributed by atoms with Crippen LogP contribution in [0.15, 0.2) is 12.1 Å². The molecule has 6 heteroatoms. The summed E-state index contributed by atoms with van der Waals surface area (Å²) in [7, 11) is 0.898. The summed E-state index contributed by atoms with van der Waals surface area (Å²) in [6.45, 7) is 0. The van der Waals surface area contributed by atoms with E-state index in [0.717, 1.165) is 7.05 Å². The number of hydrogen-bond acceptors (Lipinski definition) is 1. The highest BCUT2D eigenvalue weighted by atomic mass is 19.1. The molecule has 1 rings (SSSR count). The number of nitrogens with zero attached hydrogens (tertiary/aromatic N) is 1. The molecule has 1 radical (unpaired) electrons. The lowest BCUT2D eigenvalue weighted by Gasteiger charge is -2.13. The molecule has 1 aromatic rings. The van der Waals surface area contributed by atoms with E-state index in [-0.39, 0.29) is 4.90 Å². The van der Waals surface area contributed by atoms with Gasteiger partial charge in [-0.25, -0.2) is 23.1 Å². The van der Waals surface area contributed by atoms with Crippen molar-refractivity contribution in [2.24, 2.45) is 0 Å². The van der Waals surface area contributed by atoms with Gasteiger partial charge in [-0.15, -0.1) is 0 Å². The molecule has 1 amide bonds. The van der Waals surface area contributed by atoms with Gasteiger partial charge in [0.15, 0.2) is 11.6 Å². The molecule has 0 saturated carbocycles. The molecular weight excluding hydrogens is 199 g/mol. The maximum atomic E-state index is 12.9. The van der Waals surface area contributed by atoms with Crippen LogP contribution in [-0.2, 0) is 5.11 Å². The lowest BCUT2D eigenvalue weighted by Crippen LogP contribution is -2.25. The Morgan fingerprint density at radius 2 is 1.64 bits per heavy atom. The Hall–Kier alpha value is -1.72. The average molecular weight is 204 g/mol. The average Bonchev–Trinajstić information content (AvgIpc) is 2.01. The van der Waals surface area contributed by atoms with Gasteiger partial charge in [0.25, 0.3) is 0 Å². The second-order valence-electron chi connectivity index (χ2n) is 2.54. The first-order chi connectivity index (χ1) is 6.43. The molecule has 75 valence electrons. The Balaban J connectivity index is 3.27. The van der Waals surface area contributed by atoms with Gasteiger partial charge in [0.1, 0.15) is 11.5 Å². The molecule has 0 unspecified atom stereocenters. The molecule has 0 bridgehead atoms. The fourth-order valence-electron chi connectivity index (χ4n) is 0.946. The number of carbonyl (C=O) groups is 1. The van der Waals surface area contributed by atoms with Crippen molar-refractivity contribution in [2.45, 2.75) is 0 Å². The molecule has 14 heavy (non-hydrogen) atoms. The number of carbonyl (C=O) groups excluding carboxylic acids is 1. The quantitative estimate of drug-likeness (QED) is 0.690. The third-order valence-electron chi connectivity index (χ3n) is 1.59. The minimum atomic E-state index is -1.78. The predicted molar refractivity (Wildman–Crippen MR) is 40.8 cm³/mol. The molecule has 3 nitrogen and oxygen atoms in total. The third-order valence-corrected chi connectivity index (χ3v) is 1.59. The summed E-state index contributed by atoms with van der Waals surface area (Å²) in [4.78, 5) is 10.5. The zero-order valence-electron chi connectivity index (χ0n) is 7.05. The highest BCUT2D eigenvalue weighted by Crippen LogP contribution is 2.23. The Bertz CT molecular complexity index is 358. The number of anilines is 1. The van der Waals surface area contributed by atoms with Crippen molar-refractivity contribution >= 4 is 11.8 Å². The number of amides is 1.